The van der Waals surface area contributed by atoms with Gasteiger partial charge in [0.25, 0.3) is 11.6 Å². The van der Waals surface area contributed by atoms with Crippen molar-refractivity contribution in [2.75, 3.05) is 5.32 Å². The zero-order valence-electron chi connectivity index (χ0n) is 10.6. The van der Waals surface area contributed by atoms with Crippen LogP contribution in [0.15, 0.2) is 34.8 Å². The van der Waals surface area contributed by atoms with E-state index in [1.54, 1.807) is 0 Å². The smallest absolute Gasteiger partial charge is 0.270 e. The molecule has 22 heavy (non-hydrogen) atoms. The van der Waals surface area contributed by atoms with Crippen LogP contribution < -0.4 is 5.32 Å². The Labute approximate surface area is 130 Å². The number of nitrogens with zero attached hydrogens (tertiary/aromatic N) is 1. The van der Waals surface area contributed by atoms with Gasteiger partial charge in [0.05, 0.1) is 16.2 Å². The number of amides is 1. The Kier molecular flexibility index (Phi) is 4.36. The number of aromatic hydroxyl groups is 1. The van der Waals surface area contributed by atoms with Gasteiger partial charge in [-0.15, -0.1) is 0 Å². The molecule has 0 unspecified atom stereocenters. The minimum atomic E-state index is -1.06. The topological polar surface area (TPSA) is 92.5 Å². The average molecular weight is 373 g/mol. The van der Waals surface area contributed by atoms with E-state index in [9.17, 15) is 28.8 Å². The van der Waals surface area contributed by atoms with Crippen LogP contribution in [0.4, 0.5) is 20.2 Å². The molecule has 2 rings (SSSR count). The summed E-state index contributed by atoms with van der Waals surface area (Å²) in [5.41, 5.74) is -1.38. The Bertz CT molecular complexity index is 783. The quantitative estimate of drug-likeness (QED) is 0.489. The van der Waals surface area contributed by atoms with Crippen LogP contribution in [0.2, 0.25) is 0 Å². The molecule has 0 aliphatic heterocycles. The van der Waals surface area contributed by atoms with Crippen molar-refractivity contribution in [3.05, 3.63) is 62.1 Å². The van der Waals surface area contributed by atoms with E-state index in [0.717, 1.165) is 24.3 Å². The summed E-state index contributed by atoms with van der Waals surface area (Å²) in [6.07, 6.45) is 0. The molecule has 0 heterocycles. The monoisotopic (exact) mass is 372 g/mol. The van der Waals surface area contributed by atoms with Crippen LogP contribution in [0, 0.1) is 21.7 Å². The van der Waals surface area contributed by atoms with E-state index in [-0.39, 0.29) is 10.2 Å². The fourth-order valence-corrected chi connectivity index (χ4v) is 2.08. The molecule has 0 saturated heterocycles. The Morgan fingerprint density at radius 2 is 1.91 bits per heavy atom. The van der Waals surface area contributed by atoms with Crippen LogP contribution in [-0.2, 0) is 0 Å². The zero-order chi connectivity index (χ0) is 16.4. The highest BCUT2D eigenvalue weighted by atomic mass is 79.9. The predicted molar refractivity (Wildman–Crippen MR) is 76.8 cm³/mol. The number of non-ortho nitro benzene ring substituents is 1. The predicted octanol–water partition coefficient (Wildman–Crippen LogP) is 3.59. The number of hydrogen-bond acceptors (Lipinski definition) is 4. The second kappa shape index (κ2) is 6.06. The van der Waals surface area contributed by atoms with Gasteiger partial charge in [-0.2, -0.15) is 0 Å². The lowest BCUT2D eigenvalue weighted by molar-refractivity contribution is -0.384. The van der Waals surface area contributed by atoms with Crippen molar-refractivity contribution in [1.82, 2.24) is 0 Å². The van der Waals surface area contributed by atoms with Crippen LogP contribution in [0.25, 0.3) is 0 Å². The molecule has 0 spiro atoms. The van der Waals surface area contributed by atoms with Crippen LogP contribution in [0.1, 0.15) is 10.4 Å². The molecule has 0 fully saturated rings. The molecule has 2 aromatic rings. The van der Waals surface area contributed by atoms with Crippen molar-refractivity contribution in [2.24, 2.45) is 0 Å². The van der Waals surface area contributed by atoms with Gasteiger partial charge in [0.1, 0.15) is 5.82 Å². The van der Waals surface area contributed by atoms with Crippen LogP contribution in [0.3, 0.4) is 0 Å². The molecule has 6 nitrogen and oxygen atoms in total. The highest BCUT2D eigenvalue weighted by Crippen LogP contribution is 2.31. The van der Waals surface area contributed by atoms with Gasteiger partial charge < -0.3 is 10.4 Å². The second-order valence-electron chi connectivity index (χ2n) is 4.16. The number of anilines is 1. The summed E-state index contributed by atoms with van der Waals surface area (Å²) in [6.45, 7) is 0. The minimum absolute atomic E-state index is 0.234. The summed E-state index contributed by atoms with van der Waals surface area (Å²) in [5.74, 6) is -3.88. The van der Waals surface area contributed by atoms with E-state index in [0.29, 0.717) is 0 Å². The van der Waals surface area contributed by atoms with Gasteiger partial charge in [-0.1, -0.05) is 15.9 Å². The molecule has 0 aliphatic carbocycles. The van der Waals surface area contributed by atoms with Crippen molar-refractivity contribution in [3.8, 4) is 5.75 Å². The number of rotatable bonds is 3. The first-order chi connectivity index (χ1) is 10.3. The Morgan fingerprint density at radius 3 is 2.55 bits per heavy atom. The lowest BCUT2D eigenvalue weighted by Crippen LogP contribution is -2.14. The minimum Gasteiger partial charge on any atom is -0.503 e. The third kappa shape index (κ3) is 3.19. The molecule has 114 valence electrons. The Balaban J connectivity index is 2.38. The number of hydrogen-bond donors (Lipinski definition) is 2. The fourth-order valence-electron chi connectivity index (χ4n) is 1.65. The van der Waals surface area contributed by atoms with Gasteiger partial charge in [0.2, 0.25) is 0 Å². The largest absolute Gasteiger partial charge is 0.503 e. The SMILES string of the molecule is O=C(Nc1cc(Br)cc(F)c1O)c1cc([N+](=O)[O-])ccc1F. The molecule has 2 N–H and O–H groups in total. The molecular weight excluding hydrogens is 366 g/mol. The molecular formula is C13H7BrF2N2O4. The molecule has 0 radical (unpaired) electrons. The van der Waals surface area contributed by atoms with Gasteiger partial charge >= 0.3 is 0 Å². The molecule has 0 atom stereocenters. The van der Waals surface area contributed by atoms with Crippen molar-refractivity contribution < 1.29 is 23.6 Å². The zero-order valence-corrected chi connectivity index (χ0v) is 12.2. The number of nitro benzene ring substituents is 1. The van der Waals surface area contributed by atoms with Crippen LogP contribution in [0.5, 0.6) is 5.75 Å². The number of carbonyl (C=O) groups is 1. The number of halogens is 3. The van der Waals surface area contributed by atoms with Gasteiger partial charge in [-0.25, -0.2) is 8.78 Å². The molecule has 1 amide bonds. The maximum atomic E-state index is 13.6. The summed E-state index contributed by atoms with van der Waals surface area (Å²) in [4.78, 5) is 21.8. The van der Waals surface area contributed by atoms with E-state index in [1.165, 1.54) is 6.07 Å². The third-order valence-corrected chi connectivity index (χ3v) is 3.14. The summed E-state index contributed by atoms with van der Waals surface area (Å²) >= 11 is 2.97. The first-order valence-electron chi connectivity index (χ1n) is 5.73. The average Bonchev–Trinajstić information content (AvgIpc) is 2.44. The van der Waals surface area contributed by atoms with Gasteiger partial charge in [0.15, 0.2) is 11.6 Å². The normalized spacial score (nSPS) is 10.3. The summed E-state index contributed by atoms with van der Waals surface area (Å²) in [6, 6.07) is 4.59. The number of phenolic OH excluding ortho intramolecular Hbond substituents is 1. The molecule has 9 heteroatoms. The molecule has 0 aromatic heterocycles. The van der Waals surface area contributed by atoms with E-state index < -0.39 is 39.5 Å². The Morgan fingerprint density at radius 1 is 1.23 bits per heavy atom. The number of phenols is 1. The number of nitrogens with one attached hydrogen (secondary N) is 1. The van der Waals surface area contributed by atoms with E-state index in [4.69, 9.17) is 0 Å². The fraction of sp³-hybridized carbons (Fsp3) is 0. The van der Waals surface area contributed by atoms with E-state index in [2.05, 4.69) is 21.2 Å². The number of benzene rings is 2. The number of carbonyl (C=O) groups excluding carboxylic acids is 1. The first-order valence-corrected chi connectivity index (χ1v) is 6.52. The van der Waals surface area contributed by atoms with Crippen molar-refractivity contribution in [1.29, 1.82) is 0 Å². The lowest BCUT2D eigenvalue weighted by atomic mass is 10.1. The van der Waals surface area contributed by atoms with E-state index in [1.807, 2.05) is 0 Å². The summed E-state index contributed by atoms with van der Waals surface area (Å²) in [7, 11) is 0. The Hall–Kier alpha value is -2.55. The second-order valence-corrected chi connectivity index (χ2v) is 5.07. The van der Waals surface area contributed by atoms with Crippen molar-refractivity contribution in [3.63, 3.8) is 0 Å². The van der Waals surface area contributed by atoms with Gasteiger partial charge in [-0.05, 0) is 18.2 Å². The summed E-state index contributed by atoms with van der Waals surface area (Å²) in [5, 5.41) is 22.3. The van der Waals surface area contributed by atoms with E-state index >= 15 is 0 Å². The highest BCUT2D eigenvalue weighted by molar-refractivity contribution is 9.10. The van der Waals surface area contributed by atoms with Gasteiger partial charge in [0, 0.05) is 16.6 Å². The van der Waals surface area contributed by atoms with Gasteiger partial charge in [-0.3, -0.25) is 14.9 Å². The molecule has 2 aromatic carbocycles. The molecule has 0 aliphatic rings. The highest BCUT2D eigenvalue weighted by Gasteiger charge is 2.19. The summed E-state index contributed by atoms with van der Waals surface area (Å²) < 4.78 is 27.2. The molecule has 0 bridgehead atoms. The number of nitro groups is 1. The standard InChI is InChI=1S/C13H7BrF2N2O4/c14-6-3-10(16)12(19)11(4-6)17-13(20)8-5-7(18(21)22)1-2-9(8)15/h1-5,19H,(H,17,20). The maximum Gasteiger partial charge on any atom is 0.270 e. The van der Waals surface area contributed by atoms with Crippen LogP contribution >= 0.6 is 15.9 Å². The van der Waals surface area contributed by atoms with Crippen molar-refractivity contribution in [2.45, 2.75) is 0 Å². The van der Waals surface area contributed by atoms with Crippen molar-refractivity contribution >= 4 is 33.2 Å². The lowest BCUT2D eigenvalue weighted by Gasteiger charge is -2.09. The van der Waals surface area contributed by atoms with Crippen LogP contribution in [-0.4, -0.2) is 15.9 Å². The first kappa shape index (κ1) is 15.8. The molecule has 0 saturated carbocycles. The maximum absolute atomic E-state index is 13.6. The third-order valence-electron chi connectivity index (χ3n) is 2.68.